The van der Waals surface area contributed by atoms with Crippen molar-refractivity contribution in [3.05, 3.63) is 17.5 Å². The van der Waals surface area contributed by atoms with Crippen LogP contribution in [0.2, 0.25) is 0 Å². The molecule has 1 rings (SSSR count). The highest BCUT2D eigenvalue weighted by molar-refractivity contribution is 7.91. The zero-order valence-electron chi connectivity index (χ0n) is 13.5. The zero-order chi connectivity index (χ0) is 17.6. The molecule has 1 amide bonds. The van der Waals surface area contributed by atoms with Gasteiger partial charge in [-0.2, -0.15) is 4.72 Å². The van der Waals surface area contributed by atoms with Gasteiger partial charge in [0.1, 0.15) is 10.3 Å². The van der Waals surface area contributed by atoms with Crippen molar-refractivity contribution in [2.24, 2.45) is 5.92 Å². The Balaban J connectivity index is 2.73. The maximum Gasteiger partial charge on any atom is 0.328 e. The molecule has 1 heterocycles. The number of rotatable bonds is 8. The predicted molar refractivity (Wildman–Crippen MR) is 87.5 cm³/mol. The summed E-state index contributed by atoms with van der Waals surface area (Å²) < 4.78 is 31.3. The van der Waals surface area contributed by atoms with Crippen LogP contribution in [0, 0.1) is 5.92 Å². The van der Waals surface area contributed by atoms with Gasteiger partial charge in [0.25, 0.3) is 10.0 Å². The largest absolute Gasteiger partial charge is 0.467 e. The summed E-state index contributed by atoms with van der Waals surface area (Å²) in [5.74, 6) is -0.973. The second kappa shape index (κ2) is 8.42. The van der Waals surface area contributed by atoms with Crippen LogP contribution in [0.4, 0.5) is 0 Å². The van der Waals surface area contributed by atoms with Crippen LogP contribution in [-0.2, 0) is 24.3 Å². The predicted octanol–water partition coefficient (Wildman–Crippen LogP) is 1.12. The van der Waals surface area contributed by atoms with Gasteiger partial charge in [-0.05, 0) is 30.7 Å². The van der Waals surface area contributed by atoms with Gasteiger partial charge in [-0.3, -0.25) is 4.79 Å². The number of esters is 1. The third-order valence-electron chi connectivity index (χ3n) is 2.99. The molecular formula is C14H22N2O5S2. The molecule has 9 heteroatoms. The van der Waals surface area contributed by atoms with Gasteiger partial charge in [-0.1, -0.05) is 19.9 Å². The molecule has 0 saturated carbocycles. The SMILES string of the molecule is COC(=O)C(CC(C)C)NC(=O)C(C)NS(=O)(=O)c1cccs1. The highest BCUT2D eigenvalue weighted by Crippen LogP contribution is 2.15. The van der Waals surface area contributed by atoms with Crippen molar-refractivity contribution < 1.29 is 22.7 Å². The summed E-state index contributed by atoms with van der Waals surface area (Å²) in [6.07, 6.45) is 0.406. The molecule has 0 aromatic carbocycles. The lowest BCUT2D eigenvalue weighted by molar-refractivity contribution is -0.145. The number of carbonyl (C=O) groups excluding carboxylic acids is 2. The summed E-state index contributed by atoms with van der Waals surface area (Å²) in [7, 11) is -2.51. The third kappa shape index (κ3) is 5.92. The minimum absolute atomic E-state index is 0.129. The molecule has 0 aliphatic heterocycles. The lowest BCUT2D eigenvalue weighted by atomic mass is 10.0. The molecule has 0 spiro atoms. The highest BCUT2D eigenvalue weighted by atomic mass is 32.2. The number of sulfonamides is 1. The number of ether oxygens (including phenoxy) is 1. The van der Waals surface area contributed by atoms with Crippen LogP contribution >= 0.6 is 11.3 Å². The first-order valence-electron chi connectivity index (χ1n) is 7.11. The molecule has 0 aliphatic carbocycles. The van der Waals surface area contributed by atoms with E-state index in [1.165, 1.54) is 20.1 Å². The summed E-state index contributed by atoms with van der Waals surface area (Å²) >= 11 is 1.06. The monoisotopic (exact) mass is 362 g/mol. The number of amides is 1. The fourth-order valence-corrected chi connectivity index (χ4v) is 4.10. The summed E-state index contributed by atoms with van der Waals surface area (Å²) in [4.78, 5) is 23.9. The van der Waals surface area contributed by atoms with Crippen LogP contribution in [0.25, 0.3) is 0 Å². The van der Waals surface area contributed by atoms with Crippen molar-refractivity contribution in [2.75, 3.05) is 7.11 Å². The van der Waals surface area contributed by atoms with E-state index in [-0.39, 0.29) is 10.1 Å². The van der Waals surface area contributed by atoms with Gasteiger partial charge in [0, 0.05) is 0 Å². The smallest absolute Gasteiger partial charge is 0.328 e. The summed E-state index contributed by atoms with van der Waals surface area (Å²) in [5.41, 5.74) is 0. The molecule has 2 N–H and O–H groups in total. The number of hydrogen-bond donors (Lipinski definition) is 2. The Morgan fingerprint density at radius 2 is 1.96 bits per heavy atom. The van der Waals surface area contributed by atoms with Crippen molar-refractivity contribution in [1.82, 2.24) is 10.0 Å². The van der Waals surface area contributed by atoms with E-state index in [0.29, 0.717) is 6.42 Å². The molecule has 130 valence electrons. The van der Waals surface area contributed by atoms with Crippen LogP contribution in [0.15, 0.2) is 21.7 Å². The summed E-state index contributed by atoms with van der Waals surface area (Å²) in [6, 6.07) is 1.25. The van der Waals surface area contributed by atoms with Crippen molar-refractivity contribution in [1.29, 1.82) is 0 Å². The third-order valence-corrected chi connectivity index (χ3v) is 5.93. The lowest BCUT2D eigenvalue weighted by Gasteiger charge is -2.21. The Labute approximate surface area is 140 Å². The quantitative estimate of drug-likeness (QED) is 0.675. The van der Waals surface area contributed by atoms with Crippen molar-refractivity contribution >= 4 is 33.2 Å². The molecule has 1 aromatic heterocycles. The molecule has 0 aliphatic rings. The molecule has 0 bridgehead atoms. The maximum atomic E-state index is 12.2. The van der Waals surface area contributed by atoms with E-state index in [2.05, 4.69) is 14.8 Å². The minimum atomic E-state index is -3.75. The first-order chi connectivity index (χ1) is 10.7. The van der Waals surface area contributed by atoms with E-state index < -0.39 is 34.0 Å². The minimum Gasteiger partial charge on any atom is -0.467 e. The Morgan fingerprint density at radius 1 is 1.30 bits per heavy atom. The van der Waals surface area contributed by atoms with Gasteiger partial charge in [-0.15, -0.1) is 11.3 Å². The van der Waals surface area contributed by atoms with E-state index in [1.807, 2.05) is 13.8 Å². The van der Waals surface area contributed by atoms with Gasteiger partial charge in [0.05, 0.1) is 13.2 Å². The second-order valence-electron chi connectivity index (χ2n) is 5.49. The van der Waals surface area contributed by atoms with Crippen LogP contribution in [-0.4, -0.2) is 39.5 Å². The molecular weight excluding hydrogens is 340 g/mol. The van der Waals surface area contributed by atoms with Gasteiger partial charge in [-0.25, -0.2) is 13.2 Å². The average molecular weight is 362 g/mol. The van der Waals surface area contributed by atoms with Gasteiger partial charge in [0.15, 0.2) is 0 Å². The summed E-state index contributed by atoms with van der Waals surface area (Å²) in [5, 5.41) is 4.16. The fraction of sp³-hybridized carbons (Fsp3) is 0.571. The molecule has 1 aromatic rings. The normalized spacial score (nSPS) is 14.3. The van der Waals surface area contributed by atoms with Crippen LogP contribution < -0.4 is 10.0 Å². The van der Waals surface area contributed by atoms with Crippen LogP contribution in [0.5, 0.6) is 0 Å². The van der Waals surface area contributed by atoms with Crippen molar-refractivity contribution in [3.63, 3.8) is 0 Å². The Kier molecular flexibility index (Phi) is 7.17. The molecule has 0 radical (unpaired) electrons. The topological polar surface area (TPSA) is 102 Å². The standard InChI is InChI=1S/C14H22N2O5S2/c1-9(2)8-11(14(18)21-4)15-13(17)10(3)16-23(19,20)12-6-5-7-22-12/h5-7,9-11,16H,8H2,1-4H3,(H,15,17). The van der Waals surface area contributed by atoms with Crippen LogP contribution in [0.3, 0.4) is 0 Å². The molecule has 23 heavy (non-hydrogen) atoms. The number of methoxy groups -OCH3 is 1. The van der Waals surface area contributed by atoms with E-state index in [0.717, 1.165) is 11.3 Å². The molecule has 7 nitrogen and oxygen atoms in total. The molecule has 2 unspecified atom stereocenters. The highest BCUT2D eigenvalue weighted by Gasteiger charge is 2.27. The lowest BCUT2D eigenvalue weighted by Crippen LogP contribution is -2.50. The average Bonchev–Trinajstić information content (AvgIpc) is 2.99. The number of carbonyl (C=O) groups is 2. The van der Waals surface area contributed by atoms with Crippen LogP contribution in [0.1, 0.15) is 27.2 Å². The Bertz CT molecular complexity index is 626. The van der Waals surface area contributed by atoms with Crippen molar-refractivity contribution in [3.8, 4) is 0 Å². The van der Waals surface area contributed by atoms with E-state index >= 15 is 0 Å². The number of hydrogen-bond acceptors (Lipinski definition) is 6. The van der Waals surface area contributed by atoms with E-state index in [4.69, 9.17) is 0 Å². The first kappa shape index (κ1) is 19.6. The van der Waals surface area contributed by atoms with Gasteiger partial charge >= 0.3 is 5.97 Å². The molecule has 0 saturated heterocycles. The van der Waals surface area contributed by atoms with E-state index in [9.17, 15) is 18.0 Å². The van der Waals surface area contributed by atoms with E-state index in [1.54, 1.807) is 11.4 Å². The summed E-state index contributed by atoms with van der Waals surface area (Å²) in [6.45, 7) is 5.24. The molecule has 2 atom stereocenters. The van der Waals surface area contributed by atoms with Crippen molar-refractivity contribution in [2.45, 2.75) is 43.5 Å². The first-order valence-corrected chi connectivity index (χ1v) is 9.47. The second-order valence-corrected chi connectivity index (χ2v) is 8.38. The Hall–Kier alpha value is -1.45. The Morgan fingerprint density at radius 3 is 2.43 bits per heavy atom. The van der Waals surface area contributed by atoms with Gasteiger partial charge < -0.3 is 10.1 Å². The maximum absolute atomic E-state index is 12.2. The number of thiophene rings is 1. The van der Waals surface area contributed by atoms with Gasteiger partial charge in [0.2, 0.25) is 5.91 Å². The molecule has 0 fully saturated rings. The number of nitrogens with one attached hydrogen (secondary N) is 2. The fourth-order valence-electron chi connectivity index (χ4n) is 1.89. The zero-order valence-corrected chi connectivity index (χ0v) is 15.2.